The molecule has 1 saturated heterocycles. The fourth-order valence-electron chi connectivity index (χ4n) is 2.05. The van der Waals surface area contributed by atoms with Gasteiger partial charge in [-0.2, -0.15) is 0 Å². The van der Waals surface area contributed by atoms with Crippen molar-refractivity contribution in [1.29, 1.82) is 0 Å². The van der Waals surface area contributed by atoms with E-state index in [0.29, 0.717) is 0 Å². The molecule has 1 N–H and O–H groups in total. The molecule has 1 heterocycles. The van der Waals surface area contributed by atoms with Crippen LogP contribution in [0, 0.1) is 0 Å². The van der Waals surface area contributed by atoms with Crippen LogP contribution in [-0.2, 0) is 14.2 Å². The van der Waals surface area contributed by atoms with Gasteiger partial charge in [0.2, 0.25) is 0 Å². The second-order valence-corrected chi connectivity index (χ2v) is 5.51. The van der Waals surface area contributed by atoms with Crippen LogP contribution in [0.2, 0.25) is 0 Å². The van der Waals surface area contributed by atoms with Crippen molar-refractivity contribution in [3.63, 3.8) is 0 Å². The molecule has 5 heteroatoms. The summed E-state index contributed by atoms with van der Waals surface area (Å²) in [6.07, 6.45) is 0.487. The summed E-state index contributed by atoms with van der Waals surface area (Å²) in [7, 11) is 1.58. The molecular formula is C10H15IO4. The Morgan fingerprint density at radius 2 is 2.13 bits per heavy atom. The molecule has 0 bridgehead atoms. The van der Waals surface area contributed by atoms with Crippen LogP contribution in [0.5, 0.6) is 0 Å². The Bertz CT molecular complexity index is 289. The number of methoxy groups -OCH3 is 1. The van der Waals surface area contributed by atoms with Crippen LogP contribution in [0.4, 0.5) is 0 Å². The van der Waals surface area contributed by atoms with Gasteiger partial charge in [0.1, 0.15) is 24.4 Å². The smallest absolute Gasteiger partial charge is 0.164 e. The summed E-state index contributed by atoms with van der Waals surface area (Å²) >= 11 is 2.16. The van der Waals surface area contributed by atoms with Gasteiger partial charge in [0.05, 0.1) is 0 Å². The van der Waals surface area contributed by atoms with E-state index in [0.717, 1.165) is 3.58 Å². The number of ether oxygens (including phenoxy) is 3. The lowest BCUT2D eigenvalue weighted by molar-refractivity contribution is -0.159. The summed E-state index contributed by atoms with van der Waals surface area (Å²) in [5, 5.41) is 10.1. The minimum absolute atomic E-state index is 0.173. The van der Waals surface area contributed by atoms with Crippen LogP contribution >= 0.6 is 22.6 Å². The van der Waals surface area contributed by atoms with Crippen LogP contribution < -0.4 is 0 Å². The topological polar surface area (TPSA) is 47.9 Å². The summed E-state index contributed by atoms with van der Waals surface area (Å²) in [6.45, 7) is 3.70. The standard InChI is InChI=1S/C10H15IO4/c1-10(2)14-6-4-5(11)8(13-3)7(12)9(6)15-10/h4,6-9,12H,1-3H3/t6-,7+,8-,9-/m0/s1. The minimum atomic E-state index is -0.668. The Hall–Kier alpha value is 0.310. The van der Waals surface area contributed by atoms with Gasteiger partial charge in [-0.25, -0.2) is 0 Å². The average molecular weight is 326 g/mol. The highest BCUT2D eigenvalue weighted by molar-refractivity contribution is 14.1. The summed E-state index contributed by atoms with van der Waals surface area (Å²) in [5.41, 5.74) is 0. The SMILES string of the molecule is CO[C@H]1C(I)=C[C@@H]2OC(C)(C)O[C@@H]2[C@@H]1O. The Balaban J connectivity index is 2.24. The van der Waals surface area contributed by atoms with E-state index in [-0.39, 0.29) is 18.3 Å². The number of fused-ring (bicyclic) bond motifs is 1. The maximum absolute atomic E-state index is 10.1. The van der Waals surface area contributed by atoms with E-state index < -0.39 is 11.9 Å². The van der Waals surface area contributed by atoms with E-state index in [2.05, 4.69) is 22.6 Å². The van der Waals surface area contributed by atoms with Crippen LogP contribution in [0.15, 0.2) is 9.66 Å². The van der Waals surface area contributed by atoms with Gasteiger partial charge in [0.15, 0.2) is 5.79 Å². The van der Waals surface area contributed by atoms with Crippen molar-refractivity contribution < 1.29 is 19.3 Å². The summed E-state index contributed by atoms with van der Waals surface area (Å²) < 4.78 is 17.5. The van der Waals surface area contributed by atoms with Crippen LogP contribution in [-0.4, -0.2) is 42.4 Å². The second-order valence-electron chi connectivity index (χ2n) is 4.26. The maximum Gasteiger partial charge on any atom is 0.164 e. The molecule has 0 amide bonds. The van der Waals surface area contributed by atoms with Gasteiger partial charge < -0.3 is 19.3 Å². The van der Waals surface area contributed by atoms with E-state index in [1.54, 1.807) is 7.11 Å². The Labute approximate surface area is 103 Å². The van der Waals surface area contributed by atoms with Crippen LogP contribution in [0.25, 0.3) is 0 Å². The van der Waals surface area contributed by atoms with Gasteiger partial charge in [-0.3, -0.25) is 0 Å². The van der Waals surface area contributed by atoms with Gasteiger partial charge in [-0.05, 0) is 42.5 Å². The van der Waals surface area contributed by atoms with E-state index >= 15 is 0 Å². The normalized spacial score (nSPS) is 43.7. The molecule has 15 heavy (non-hydrogen) atoms. The highest BCUT2D eigenvalue weighted by atomic mass is 127. The summed E-state index contributed by atoms with van der Waals surface area (Å²) in [4.78, 5) is 0. The molecule has 2 aliphatic rings. The predicted molar refractivity (Wildman–Crippen MR) is 62.7 cm³/mol. The zero-order valence-electron chi connectivity index (χ0n) is 8.94. The molecule has 0 aromatic carbocycles. The van der Waals surface area contributed by atoms with Crippen molar-refractivity contribution >= 4 is 22.6 Å². The first-order valence-corrected chi connectivity index (χ1v) is 5.96. The number of halogens is 1. The molecule has 1 aliphatic carbocycles. The van der Waals surface area contributed by atoms with Crippen molar-refractivity contribution in [2.75, 3.05) is 7.11 Å². The molecule has 0 saturated carbocycles. The largest absolute Gasteiger partial charge is 0.387 e. The van der Waals surface area contributed by atoms with Crippen molar-refractivity contribution in [3.05, 3.63) is 9.66 Å². The van der Waals surface area contributed by atoms with E-state index in [9.17, 15) is 5.11 Å². The fraction of sp³-hybridized carbons (Fsp3) is 0.800. The molecule has 2 rings (SSSR count). The van der Waals surface area contributed by atoms with E-state index in [1.165, 1.54) is 0 Å². The van der Waals surface area contributed by atoms with Crippen LogP contribution in [0.1, 0.15) is 13.8 Å². The van der Waals surface area contributed by atoms with Crippen molar-refractivity contribution in [3.8, 4) is 0 Å². The van der Waals surface area contributed by atoms with Crippen LogP contribution in [0.3, 0.4) is 0 Å². The first-order chi connectivity index (χ1) is 6.94. The molecular weight excluding hydrogens is 311 g/mol. The van der Waals surface area contributed by atoms with Crippen molar-refractivity contribution in [2.24, 2.45) is 0 Å². The highest BCUT2D eigenvalue weighted by Crippen LogP contribution is 2.38. The lowest BCUT2D eigenvalue weighted by atomic mass is 9.96. The van der Waals surface area contributed by atoms with Crippen molar-refractivity contribution in [2.45, 2.75) is 44.1 Å². The number of aliphatic hydroxyl groups is 1. The Kier molecular flexibility index (Phi) is 3.11. The minimum Gasteiger partial charge on any atom is -0.387 e. The first-order valence-electron chi connectivity index (χ1n) is 4.88. The second kappa shape index (κ2) is 3.96. The fourth-order valence-corrected chi connectivity index (χ4v) is 3.03. The number of hydrogen-bond donors (Lipinski definition) is 1. The molecule has 0 aromatic heterocycles. The quantitative estimate of drug-likeness (QED) is 0.736. The Morgan fingerprint density at radius 1 is 1.47 bits per heavy atom. The summed E-state index contributed by atoms with van der Waals surface area (Å²) in [5.74, 6) is -0.633. The summed E-state index contributed by atoms with van der Waals surface area (Å²) in [6, 6.07) is 0. The third kappa shape index (κ3) is 2.08. The third-order valence-electron chi connectivity index (χ3n) is 2.66. The molecule has 1 fully saturated rings. The van der Waals surface area contributed by atoms with Gasteiger partial charge in [-0.1, -0.05) is 0 Å². The number of aliphatic hydroxyl groups excluding tert-OH is 1. The van der Waals surface area contributed by atoms with E-state index in [4.69, 9.17) is 14.2 Å². The number of rotatable bonds is 1. The predicted octanol–water partition coefficient (Wildman–Crippen LogP) is 1.21. The molecule has 86 valence electrons. The molecule has 4 atom stereocenters. The molecule has 0 radical (unpaired) electrons. The third-order valence-corrected chi connectivity index (χ3v) is 3.63. The first kappa shape index (κ1) is 11.8. The molecule has 0 spiro atoms. The molecule has 0 unspecified atom stereocenters. The molecule has 0 aromatic rings. The maximum atomic E-state index is 10.1. The lowest BCUT2D eigenvalue weighted by Crippen LogP contribution is -2.47. The zero-order valence-corrected chi connectivity index (χ0v) is 11.1. The van der Waals surface area contributed by atoms with Gasteiger partial charge in [-0.15, -0.1) is 0 Å². The monoisotopic (exact) mass is 326 g/mol. The lowest BCUT2D eigenvalue weighted by Gasteiger charge is -2.31. The van der Waals surface area contributed by atoms with Crippen molar-refractivity contribution in [1.82, 2.24) is 0 Å². The van der Waals surface area contributed by atoms with Gasteiger partial charge in [0.25, 0.3) is 0 Å². The molecule has 1 aliphatic heterocycles. The molecule has 4 nitrogen and oxygen atoms in total. The van der Waals surface area contributed by atoms with Gasteiger partial charge >= 0.3 is 0 Å². The highest BCUT2D eigenvalue weighted by Gasteiger charge is 2.49. The average Bonchev–Trinajstić information content (AvgIpc) is 2.41. The van der Waals surface area contributed by atoms with E-state index in [1.807, 2.05) is 19.9 Å². The van der Waals surface area contributed by atoms with Gasteiger partial charge in [0, 0.05) is 10.7 Å². The Morgan fingerprint density at radius 3 is 2.73 bits per heavy atom. The zero-order chi connectivity index (χ0) is 11.2. The number of hydrogen-bond acceptors (Lipinski definition) is 4.